The van der Waals surface area contributed by atoms with E-state index in [-0.39, 0.29) is 4.99 Å². The number of aromatic nitrogens is 1. The van der Waals surface area contributed by atoms with Gasteiger partial charge in [0.1, 0.15) is 4.99 Å². The Morgan fingerprint density at radius 3 is 2.83 bits per heavy atom. The lowest BCUT2D eigenvalue weighted by Crippen LogP contribution is -2.12. The number of ether oxygens (including phenoxy) is 1. The van der Waals surface area contributed by atoms with Crippen LogP contribution in [0.5, 0.6) is 5.88 Å². The Kier molecular flexibility index (Phi) is 2.83. The predicted octanol–water partition coefficient (Wildman–Crippen LogP) is 1.38. The van der Waals surface area contributed by atoms with Crippen LogP contribution in [0.3, 0.4) is 0 Å². The Hall–Kier alpha value is -0.870. The fraction of sp³-hybridized carbons (Fsp3) is 0.143. The average Bonchev–Trinajstić information content (AvgIpc) is 2.03. The first kappa shape index (κ1) is 9.22. The van der Waals surface area contributed by atoms with Crippen molar-refractivity contribution in [1.82, 2.24) is 4.98 Å². The molecule has 1 aromatic heterocycles. The zero-order valence-electron chi connectivity index (χ0n) is 6.37. The molecule has 2 N–H and O–H groups in total. The van der Waals surface area contributed by atoms with Gasteiger partial charge in [-0.3, -0.25) is 0 Å². The van der Waals surface area contributed by atoms with Crippen molar-refractivity contribution >= 4 is 28.8 Å². The van der Waals surface area contributed by atoms with E-state index in [1.54, 1.807) is 6.07 Å². The molecular weight excluding hydrogens is 196 g/mol. The molecule has 0 fully saturated rings. The second-order valence-corrected chi connectivity index (χ2v) is 2.89. The van der Waals surface area contributed by atoms with E-state index in [0.29, 0.717) is 16.5 Å². The number of methoxy groups -OCH3 is 1. The van der Waals surface area contributed by atoms with E-state index in [9.17, 15) is 0 Å². The van der Waals surface area contributed by atoms with Gasteiger partial charge in [0.2, 0.25) is 5.88 Å². The summed E-state index contributed by atoms with van der Waals surface area (Å²) in [5, 5.41) is 0.453. The third-order valence-corrected chi connectivity index (χ3v) is 1.82. The summed E-state index contributed by atoms with van der Waals surface area (Å²) in [4.78, 5) is 4.09. The van der Waals surface area contributed by atoms with Gasteiger partial charge >= 0.3 is 0 Å². The van der Waals surface area contributed by atoms with Crippen LogP contribution < -0.4 is 10.5 Å². The number of rotatable bonds is 2. The molecule has 0 aliphatic carbocycles. The van der Waals surface area contributed by atoms with Gasteiger partial charge in [0.15, 0.2) is 0 Å². The van der Waals surface area contributed by atoms with Crippen LogP contribution in [-0.2, 0) is 0 Å². The Bertz CT molecular complexity index is 316. The first-order valence-corrected chi connectivity index (χ1v) is 3.93. The van der Waals surface area contributed by atoms with Gasteiger partial charge in [-0.1, -0.05) is 23.8 Å². The van der Waals surface area contributed by atoms with Gasteiger partial charge in [0, 0.05) is 6.20 Å². The molecular formula is C7H7ClN2OS. The summed E-state index contributed by atoms with van der Waals surface area (Å²) in [7, 11) is 1.49. The van der Waals surface area contributed by atoms with Crippen molar-refractivity contribution in [3.63, 3.8) is 0 Å². The molecule has 0 aliphatic rings. The first-order chi connectivity index (χ1) is 5.66. The smallest absolute Gasteiger partial charge is 0.224 e. The topological polar surface area (TPSA) is 48.1 Å². The van der Waals surface area contributed by atoms with E-state index in [4.69, 9.17) is 34.3 Å². The van der Waals surface area contributed by atoms with Crippen molar-refractivity contribution < 1.29 is 4.74 Å². The van der Waals surface area contributed by atoms with Crippen LogP contribution in [0.25, 0.3) is 0 Å². The predicted molar refractivity (Wildman–Crippen MR) is 51.7 cm³/mol. The number of thiocarbonyl (C=S) groups is 1. The van der Waals surface area contributed by atoms with Crippen LogP contribution in [0.15, 0.2) is 12.3 Å². The highest BCUT2D eigenvalue weighted by atomic mass is 35.5. The van der Waals surface area contributed by atoms with Crippen molar-refractivity contribution in [2.75, 3.05) is 7.11 Å². The minimum atomic E-state index is 0.185. The molecule has 0 unspecified atom stereocenters. The van der Waals surface area contributed by atoms with Gasteiger partial charge < -0.3 is 10.5 Å². The molecule has 3 nitrogen and oxygen atoms in total. The highest BCUT2D eigenvalue weighted by molar-refractivity contribution is 7.80. The van der Waals surface area contributed by atoms with E-state index in [1.807, 2.05) is 0 Å². The molecule has 5 heteroatoms. The minimum absolute atomic E-state index is 0.185. The Morgan fingerprint density at radius 1 is 1.75 bits per heavy atom. The highest BCUT2D eigenvalue weighted by Gasteiger charge is 2.10. The first-order valence-electron chi connectivity index (χ1n) is 3.15. The van der Waals surface area contributed by atoms with Crippen LogP contribution in [0.1, 0.15) is 5.56 Å². The number of nitrogens with zero attached hydrogens (tertiary/aromatic N) is 1. The third kappa shape index (κ3) is 1.65. The van der Waals surface area contributed by atoms with Crippen LogP contribution in [0.4, 0.5) is 0 Å². The molecule has 1 aromatic rings. The van der Waals surface area contributed by atoms with E-state index in [1.165, 1.54) is 13.3 Å². The van der Waals surface area contributed by atoms with Gasteiger partial charge in [-0.25, -0.2) is 4.98 Å². The van der Waals surface area contributed by atoms with Gasteiger partial charge in [-0.15, -0.1) is 0 Å². The summed E-state index contributed by atoms with van der Waals surface area (Å²) in [6.45, 7) is 0. The van der Waals surface area contributed by atoms with Crippen LogP contribution in [0, 0.1) is 0 Å². The van der Waals surface area contributed by atoms with E-state index >= 15 is 0 Å². The molecule has 1 rings (SSSR count). The number of hydrogen-bond acceptors (Lipinski definition) is 3. The molecule has 0 saturated heterocycles. The number of halogens is 1. The van der Waals surface area contributed by atoms with E-state index in [0.717, 1.165) is 0 Å². The summed E-state index contributed by atoms with van der Waals surface area (Å²) < 4.78 is 4.92. The van der Waals surface area contributed by atoms with Crippen LogP contribution in [0.2, 0.25) is 5.02 Å². The highest BCUT2D eigenvalue weighted by Crippen LogP contribution is 2.22. The van der Waals surface area contributed by atoms with Crippen molar-refractivity contribution in [3.8, 4) is 5.88 Å². The normalized spacial score (nSPS) is 9.50. The largest absolute Gasteiger partial charge is 0.480 e. The van der Waals surface area contributed by atoms with Gasteiger partial charge in [-0.2, -0.15) is 0 Å². The SMILES string of the molecule is COc1nccc(Cl)c1C(N)=S. The monoisotopic (exact) mass is 202 g/mol. The quantitative estimate of drug-likeness (QED) is 0.737. The average molecular weight is 203 g/mol. The lowest BCUT2D eigenvalue weighted by atomic mass is 10.3. The maximum Gasteiger partial charge on any atom is 0.224 e. The standard InChI is InChI=1S/C7H7ClN2OS/c1-11-7-5(6(9)12)4(8)2-3-10-7/h2-3H,1H3,(H2,9,12). The molecule has 0 amide bonds. The van der Waals surface area contributed by atoms with Crippen molar-refractivity contribution in [1.29, 1.82) is 0 Å². The van der Waals surface area contributed by atoms with E-state index in [2.05, 4.69) is 4.98 Å². The minimum Gasteiger partial charge on any atom is -0.480 e. The molecule has 64 valence electrons. The molecule has 0 radical (unpaired) electrons. The fourth-order valence-electron chi connectivity index (χ4n) is 0.798. The van der Waals surface area contributed by atoms with Gasteiger partial charge in [-0.05, 0) is 6.07 Å². The molecule has 0 bridgehead atoms. The van der Waals surface area contributed by atoms with Gasteiger partial charge in [0.25, 0.3) is 0 Å². The summed E-state index contributed by atoms with van der Waals surface area (Å²) in [6, 6.07) is 1.61. The fourth-order valence-corrected chi connectivity index (χ4v) is 1.29. The van der Waals surface area contributed by atoms with Crippen LogP contribution in [-0.4, -0.2) is 17.1 Å². The molecule has 0 aromatic carbocycles. The van der Waals surface area contributed by atoms with Crippen molar-refractivity contribution in [2.45, 2.75) is 0 Å². The molecule has 0 saturated carbocycles. The van der Waals surface area contributed by atoms with Crippen LogP contribution >= 0.6 is 23.8 Å². The lowest BCUT2D eigenvalue weighted by Gasteiger charge is -2.06. The molecule has 0 atom stereocenters. The third-order valence-electron chi connectivity index (χ3n) is 1.31. The lowest BCUT2D eigenvalue weighted by molar-refractivity contribution is 0.397. The zero-order chi connectivity index (χ0) is 9.14. The summed E-state index contributed by atoms with van der Waals surface area (Å²) >= 11 is 10.6. The summed E-state index contributed by atoms with van der Waals surface area (Å²) in [6.07, 6.45) is 1.53. The molecule has 1 heterocycles. The Balaban J connectivity index is 3.29. The Labute approximate surface area is 80.5 Å². The summed E-state index contributed by atoms with van der Waals surface area (Å²) in [5.74, 6) is 0.356. The second-order valence-electron chi connectivity index (χ2n) is 2.04. The van der Waals surface area contributed by atoms with Crippen molar-refractivity contribution in [3.05, 3.63) is 22.8 Å². The molecule has 0 aliphatic heterocycles. The molecule has 0 spiro atoms. The summed E-state index contributed by atoms with van der Waals surface area (Å²) in [5.41, 5.74) is 5.90. The number of nitrogens with two attached hydrogens (primary N) is 1. The maximum atomic E-state index is 5.82. The van der Waals surface area contributed by atoms with Crippen molar-refractivity contribution in [2.24, 2.45) is 5.73 Å². The van der Waals surface area contributed by atoms with E-state index < -0.39 is 0 Å². The number of hydrogen-bond donors (Lipinski definition) is 1. The Morgan fingerprint density at radius 2 is 2.42 bits per heavy atom. The second kappa shape index (κ2) is 3.69. The zero-order valence-corrected chi connectivity index (χ0v) is 7.95. The maximum absolute atomic E-state index is 5.82. The number of pyridine rings is 1. The van der Waals surface area contributed by atoms with Gasteiger partial charge in [0.05, 0.1) is 17.7 Å². The molecule has 12 heavy (non-hydrogen) atoms.